The number of anilines is 1. The topological polar surface area (TPSA) is 59.2 Å². The van der Waals surface area contributed by atoms with Gasteiger partial charge in [-0.1, -0.05) is 49.7 Å². The molecule has 150 valence electrons. The maximum atomic E-state index is 13.2. The molecule has 0 aliphatic rings. The van der Waals surface area contributed by atoms with Gasteiger partial charge < -0.3 is 9.32 Å². The van der Waals surface area contributed by atoms with E-state index in [9.17, 15) is 4.79 Å². The maximum absolute atomic E-state index is 13.2. The minimum Gasteiger partial charge on any atom is -0.416 e. The summed E-state index contributed by atoms with van der Waals surface area (Å²) in [4.78, 5) is 15.0. The summed E-state index contributed by atoms with van der Waals surface area (Å²) in [5, 5.41) is 8.28. The first-order valence-corrected chi connectivity index (χ1v) is 10.1. The number of nitrogens with zero attached hydrogens (tertiary/aromatic N) is 3. The summed E-state index contributed by atoms with van der Waals surface area (Å²) in [7, 11) is 0. The van der Waals surface area contributed by atoms with Gasteiger partial charge in [0.2, 0.25) is 11.8 Å². The zero-order chi connectivity index (χ0) is 20.8. The Labute approximate surface area is 176 Å². The molecule has 1 heterocycles. The van der Waals surface area contributed by atoms with E-state index in [1.165, 1.54) is 0 Å². The van der Waals surface area contributed by atoms with Gasteiger partial charge in [-0.15, -0.1) is 10.2 Å². The predicted octanol–water partition coefficient (Wildman–Crippen LogP) is 5.85. The van der Waals surface area contributed by atoms with E-state index in [2.05, 4.69) is 17.1 Å². The fourth-order valence-electron chi connectivity index (χ4n) is 3.22. The van der Waals surface area contributed by atoms with Crippen LogP contribution in [0.1, 0.15) is 30.1 Å². The number of unbranched alkanes of at least 4 members (excludes halogenated alkanes) is 1. The van der Waals surface area contributed by atoms with E-state index in [-0.39, 0.29) is 5.91 Å². The van der Waals surface area contributed by atoms with Gasteiger partial charge in [0, 0.05) is 28.9 Å². The van der Waals surface area contributed by atoms with Crippen LogP contribution in [-0.2, 0) is 0 Å². The quantitative estimate of drug-likeness (QED) is 0.392. The van der Waals surface area contributed by atoms with E-state index in [4.69, 9.17) is 4.42 Å². The molecule has 30 heavy (non-hydrogen) atoms. The van der Waals surface area contributed by atoms with Crippen LogP contribution in [0.5, 0.6) is 0 Å². The minimum absolute atomic E-state index is 0.0169. The molecule has 0 unspecified atom stereocenters. The second-order valence-corrected chi connectivity index (χ2v) is 7.00. The molecule has 0 saturated heterocycles. The summed E-state index contributed by atoms with van der Waals surface area (Å²) < 4.78 is 5.81. The van der Waals surface area contributed by atoms with Crippen molar-refractivity contribution in [3.05, 3.63) is 90.5 Å². The summed E-state index contributed by atoms with van der Waals surface area (Å²) in [6, 6.07) is 26.7. The molecule has 0 radical (unpaired) electrons. The van der Waals surface area contributed by atoms with Crippen LogP contribution in [0.3, 0.4) is 0 Å². The van der Waals surface area contributed by atoms with Crippen LogP contribution in [0, 0.1) is 0 Å². The zero-order valence-electron chi connectivity index (χ0n) is 16.9. The monoisotopic (exact) mass is 397 g/mol. The van der Waals surface area contributed by atoms with Gasteiger partial charge in [-0.3, -0.25) is 4.79 Å². The van der Waals surface area contributed by atoms with Crippen molar-refractivity contribution in [2.75, 3.05) is 11.4 Å². The lowest BCUT2D eigenvalue weighted by molar-refractivity contribution is 0.0986. The Bertz CT molecular complexity index is 1090. The Balaban J connectivity index is 1.55. The number of amides is 1. The summed E-state index contributed by atoms with van der Waals surface area (Å²) >= 11 is 0. The summed E-state index contributed by atoms with van der Waals surface area (Å²) in [6.07, 6.45) is 1.97. The van der Waals surface area contributed by atoms with Crippen molar-refractivity contribution in [1.29, 1.82) is 0 Å². The molecule has 0 aliphatic carbocycles. The van der Waals surface area contributed by atoms with Crippen LogP contribution in [0.2, 0.25) is 0 Å². The summed E-state index contributed by atoms with van der Waals surface area (Å²) in [5.41, 5.74) is 3.18. The van der Waals surface area contributed by atoms with Crippen molar-refractivity contribution >= 4 is 11.6 Å². The highest BCUT2D eigenvalue weighted by atomic mass is 16.4. The van der Waals surface area contributed by atoms with Gasteiger partial charge in [0.05, 0.1) is 0 Å². The second kappa shape index (κ2) is 9.18. The molecule has 4 aromatic rings. The van der Waals surface area contributed by atoms with Gasteiger partial charge in [0.25, 0.3) is 5.91 Å². The van der Waals surface area contributed by atoms with Gasteiger partial charge >= 0.3 is 0 Å². The molecule has 1 aromatic heterocycles. The standard InChI is InChI=1S/C25H23N3O2/c1-2-3-18-28(22-12-8-5-9-13-22)25(29)21-16-14-20(15-17-21)24-27-26-23(30-24)19-10-6-4-7-11-19/h4-17H,2-3,18H2,1H3. The highest BCUT2D eigenvalue weighted by molar-refractivity contribution is 6.06. The molecule has 0 bridgehead atoms. The molecule has 0 N–H and O–H groups in total. The van der Waals surface area contributed by atoms with Crippen molar-refractivity contribution in [2.24, 2.45) is 0 Å². The number of benzene rings is 3. The lowest BCUT2D eigenvalue weighted by atomic mass is 10.1. The number of hydrogen-bond donors (Lipinski definition) is 0. The molecule has 5 heteroatoms. The third-order valence-corrected chi connectivity index (χ3v) is 4.87. The van der Waals surface area contributed by atoms with Gasteiger partial charge in [-0.2, -0.15) is 0 Å². The normalized spacial score (nSPS) is 10.7. The smallest absolute Gasteiger partial charge is 0.258 e. The summed E-state index contributed by atoms with van der Waals surface area (Å²) in [6.45, 7) is 2.81. The Morgan fingerprint density at radius 3 is 1.97 bits per heavy atom. The number of hydrogen-bond acceptors (Lipinski definition) is 4. The number of rotatable bonds is 7. The second-order valence-electron chi connectivity index (χ2n) is 7.00. The van der Waals surface area contributed by atoms with E-state index >= 15 is 0 Å². The first kappa shape index (κ1) is 19.6. The Hall–Kier alpha value is -3.73. The molecule has 3 aromatic carbocycles. The molecule has 4 rings (SSSR count). The van der Waals surface area contributed by atoms with Crippen molar-refractivity contribution < 1.29 is 9.21 Å². The fraction of sp³-hybridized carbons (Fsp3) is 0.160. The van der Waals surface area contributed by atoms with Crippen LogP contribution in [-0.4, -0.2) is 22.6 Å². The van der Waals surface area contributed by atoms with Gasteiger partial charge in [-0.05, 0) is 55.0 Å². The van der Waals surface area contributed by atoms with E-state index in [0.29, 0.717) is 23.9 Å². The summed E-state index contributed by atoms with van der Waals surface area (Å²) in [5.74, 6) is 0.885. The first-order valence-electron chi connectivity index (χ1n) is 10.1. The third kappa shape index (κ3) is 4.30. The van der Waals surface area contributed by atoms with Gasteiger partial charge in [0.1, 0.15) is 0 Å². The van der Waals surface area contributed by atoms with Gasteiger partial charge in [0.15, 0.2) is 0 Å². The molecule has 5 nitrogen and oxygen atoms in total. The molecule has 1 amide bonds. The van der Waals surface area contributed by atoms with Crippen molar-refractivity contribution in [1.82, 2.24) is 10.2 Å². The van der Waals surface area contributed by atoms with Crippen LogP contribution in [0.25, 0.3) is 22.9 Å². The SMILES string of the molecule is CCCCN(C(=O)c1ccc(-c2nnc(-c3ccccc3)o2)cc1)c1ccccc1. The molecular formula is C25H23N3O2. The number of aromatic nitrogens is 2. The van der Waals surface area contributed by atoms with Crippen molar-refractivity contribution in [2.45, 2.75) is 19.8 Å². The molecule has 0 fully saturated rings. The lowest BCUT2D eigenvalue weighted by Gasteiger charge is -2.23. The van der Waals surface area contributed by atoms with E-state index in [1.807, 2.05) is 89.8 Å². The third-order valence-electron chi connectivity index (χ3n) is 4.87. The number of para-hydroxylation sites is 1. The van der Waals surface area contributed by atoms with Crippen LogP contribution in [0.4, 0.5) is 5.69 Å². The number of carbonyl (C=O) groups excluding carboxylic acids is 1. The average Bonchev–Trinajstić information content (AvgIpc) is 3.31. The Kier molecular flexibility index (Phi) is 5.99. The van der Waals surface area contributed by atoms with E-state index < -0.39 is 0 Å². The molecular weight excluding hydrogens is 374 g/mol. The molecule has 0 saturated carbocycles. The Morgan fingerprint density at radius 2 is 1.37 bits per heavy atom. The molecule has 0 spiro atoms. The van der Waals surface area contributed by atoms with Crippen molar-refractivity contribution in [3.8, 4) is 22.9 Å². The van der Waals surface area contributed by atoms with E-state index in [0.717, 1.165) is 29.7 Å². The minimum atomic E-state index is -0.0169. The Morgan fingerprint density at radius 1 is 0.800 bits per heavy atom. The lowest BCUT2D eigenvalue weighted by Crippen LogP contribution is -2.31. The highest BCUT2D eigenvalue weighted by Crippen LogP contribution is 2.25. The van der Waals surface area contributed by atoms with Gasteiger partial charge in [-0.25, -0.2) is 0 Å². The van der Waals surface area contributed by atoms with Crippen LogP contribution < -0.4 is 4.90 Å². The van der Waals surface area contributed by atoms with Crippen molar-refractivity contribution in [3.63, 3.8) is 0 Å². The maximum Gasteiger partial charge on any atom is 0.258 e. The zero-order valence-corrected chi connectivity index (χ0v) is 16.9. The largest absolute Gasteiger partial charge is 0.416 e. The predicted molar refractivity (Wildman–Crippen MR) is 118 cm³/mol. The van der Waals surface area contributed by atoms with Crippen LogP contribution >= 0.6 is 0 Å². The first-order chi connectivity index (χ1) is 14.8. The molecule has 0 aliphatic heterocycles. The average molecular weight is 397 g/mol. The number of carbonyl (C=O) groups is 1. The fourth-order valence-corrected chi connectivity index (χ4v) is 3.22. The molecule has 0 atom stereocenters. The van der Waals surface area contributed by atoms with E-state index in [1.54, 1.807) is 0 Å². The van der Waals surface area contributed by atoms with Crippen LogP contribution in [0.15, 0.2) is 89.3 Å². The highest BCUT2D eigenvalue weighted by Gasteiger charge is 2.18.